The number of nitrogens with zero attached hydrogens (tertiary/aromatic N) is 1. The van der Waals surface area contributed by atoms with Crippen LogP contribution in [0.5, 0.6) is 5.75 Å². The average molecular weight is 372 g/mol. The zero-order chi connectivity index (χ0) is 19.8. The third-order valence-corrected chi connectivity index (χ3v) is 4.62. The zero-order valence-corrected chi connectivity index (χ0v) is 15.9. The third-order valence-electron chi connectivity index (χ3n) is 4.62. The summed E-state index contributed by atoms with van der Waals surface area (Å²) in [5, 5.41) is 13.3. The summed E-state index contributed by atoms with van der Waals surface area (Å²) in [6.45, 7) is 5.94. The van der Waals surface area contributed by atoms with Crippen LogP contribution in [0.25, 0.3) is 22.6 Å². The molecule has 28 heavy (non-hydrogen) atoms. The lowest BCUT2D eigenvalue weighted by Crippen LogP contribution is -2.11. The summed E-state index contributed by atoms with van der Waals surface area (Å²) in [4.78, 5) is 16.9. The summed E-state index contributed by atoms with van der Waals surface area (Å²) in [6.07, 6.45) is 0. The molecule has 4 aromatic rings. The smallest absolute Gasteiger partial charge is 0.255 e. The van der Waals surface area contributed by atoms with E-state index in [4.69, 9.17) is 4.42 Å². The minimum Gasteiger partial charge on any atom is -0.507 e. The van der Waals surface area contributed by atoms with Crippen LogP contribution in [0, 0.1) is 20.8 Å². The molecule has 0 saturated carbocycles. The van der Waals surface area contributed by atoms with Gasteiger partial charge in [0.05, 0.1) is 5.56 Å². The first-order valence-corrected chi connectivity index (χ1v) is 9.00. The molecule has 0 aliphatic heterocycles. The minimum absolute atomic E-state index is 0.0114. The van der Waals surface area contributed by atoms with Gasteiger partial charge < -0.3 is 14.8 Å². The standard InChI is InChI=1S/C23H20N2O3/c1-13-4-6-16(7-5-13)22(27)24-17-8-9-18(20(26)12-17)23-25-19-11-14(2)10-15(3)21(19)28-23/h4-12,26H,1-3H3,(H,24,27). The number of oxazole rings is 1. The second-order valence-electron chi connectivity index (χ2n) is 7.00. The number of carbonyl (C=O) groups excluding carboxylic acids is 1. The summed E-state index contributed by atoms with van der Waals surface area (Å²) in [5.74, 6) is 0.0976. The van der Waals surface area contributed by atoms with E-state index in [0.29, 0.717) is 28.3 Å². The highest BCUT2D eigenvalue weighted by atomic mass is 16.3. The number of phenols is 1. The molecule has 140 valence electrons. The first-order chi connectivity index (χ1) is 13.4. The number of fused-ring (bicyclic) bond motifs is 1. The quantitative estimate of drug-likeness (QED) is 0.506. The monoisotopic (exact) mass is 372 g/mol. The highest BCUT2D eigenvalue weighted by Crippen LogP contribution is 2.34. The molecule has 0 aliphatic carbocycles. The van der Waals surface area contributed by atoms with E-state index in [0.717, 1.165) is 22.2 Å². The molecule has 0 radical (unpaired) electrons. The van der Waals surface area contributed by atoms with Gasteiger partial charge in [0.15, 0.2) is 5.58 Å². The lowest BCUT2D eigenvalue weighted by Gasteiger charge is -2.08. The summed E-state index contributed by atoms with van der Waals surface area (Å²) in [6, 6.07) is 16.2. The number of anilines is 1. The number of aryl methyl sites for hydroxylation is 3. The van der Waals surface area contributed by atoms with Gasteiger partial charge in [-0.3, -0.25) is 4.79 Å². The Morgan fingerprint density at radius 1 is 0.964 bits per heavy atom. The second kappa shape index (κ2) is 6.85. The van der Waals surface area contributed by atoms with Gasteiger partial charge in [0.1, 0.15) is 11.3 Å². The van der Waals surface area contributed by atoms with Crippen molar-refractivity contribution in [1.29, 1.82) is 0 Å². The van der Waals surface area contributed by atoms with Crippen molar-refractivity contribution in [2.24, 2.45) is 0 Å². The van der Waals surface area contributed by atoms with E-state index in [9.17, 15) is 9.90 Å². The molecule has 0 spiro atoms. The van der Waals surface area contributed by atoms with E-state index in [2.05, 4.69) is 10.3 Å². The van der Waals surface area contributed by atoms with Crippen molar-refractivity contribution in [2.75, 3.05) is 5.32 Å². The van der Waals surface area contributed by atoms with Gasteiger partial charge in [-0.25, -0.2) is 4.98 Å². The second-order valence-corrected chi connectivity index (χ2v) is 7.00. The molecule has 1 amide bonds. The number of benzene rings is 3. The van der Waals surface area contributed by atoms with Crippen molar-refractivity contribution in [2.45, 2.75) is 20.8 Å². The Balaban J connectivity index is 1.62. The van der Waals surface area contributed by atoms with Gasteiger partial charge in [-0.05, 0) is 62.2 Å². The summed E-state index contributed by atoms with van der Waals surface area (Å²) < 4.78 is 5.86. The van der Waals surface area contributed by atoms with Crippen LogP contribution in [-0.2, 0) is 0 Å². The van der Waals surface area contributed by atoms with Crippen LogP contribution in [0.2, 0.25) is 0 Å². The largest absolute Gasteiger partial charge is 0.507 e. The first-order valence-electron chi connectivity index (χ1n) is 9.00. The van der Waals surface area contributed by atoms with E-state index in [-0.39, 0.29) is 11.7 Å². The summed E-state index contributed by atoms with van der Waals surface area (Å²) >= 11 is 0. The average Bonchev–Trinajstić information content (AvgIpc) is 3.06. The van der Waals surface area contributed by atoms with Crippen LogP contribution in [0.4, 0.5) is 5.69 Å². The maximum absolute atomic E-state index is 12.4. The van der Waals surface area contributed by atoms with Gasteiger partial charge in [0.2, 0.25) is 5.89 Å². The molecular formula is C23H20N2O3. The van der Waals surface area contributed by atoms with Gasteiger partial charge in [0, 0.05) is 17.3 Å². The molecule has 4 rings (SSSR count). The number of aromatic nitrogens is 1. The molecule has 0 unspecified atom stereocenters. The fourth-order valence-electron chi connectivity index (χ4n) is 3.19. The molecule has 0 aliphatic rings. The van der Waals surface area contributed by atoms with Crippen molar-refractivity contribution in [3.63, 3.8) is 0 Å². The lowest BCUT2D eigenvalue weighted by molar-refractivity contribution is 0.102. The van der Waals surface area contributed by atoms with Gasteiger partial charge in [-0.15, -0.1) is 0 Å². The van der Waals surface area contributed by atoms with E-state index < -0.39 is 0 Å². The molecule has 5 heteroatoms. The Kier molecular flexibility index (Phi) is 4.35. The number of hydrogen-bond acceptors (Lipinski definition) is 4. The van der Waals surface area contributed by atoms with E-state index >= 15 is 0 Å². The number of phenolic OH excluding ortho intramolecular Hbond substituents is 1. The Bertz CT molecular complexity index is 1190. The molecule has 2 N–H and O–H groups in total. The molecular weight excluding hydrogens is 352 g/mol. The van der Waals surface area contributed by atoms with Crippen LogP contribution in [0.1, 0.15) is 27.0 Å². The third kappa shape index (κ3) is 3.34. The Morgan fingerprint density at radius 3 is 2.43 bits per heavy atom. The van der Waals surface area contributed by atoms with Crippen molar-refractivity contribution in [3.05, 3.63) is 76.9 Å². The fraction of sp³-hybridized carbons (Fsp3) is 0.130. The Hall–Kier alpha value is -3.60. The Labute approximate surface area is 162 Å². The number of aromatic hydroxyl groups is 1. The van der Waals surface area contributed by atoms with Crippen molar-refractivity contribution in [1.82, 2.24) is 4.98 Å². The van der Waals surface area contributed by atoms with E-state index in [1.165, 1.54) is 6.07 Å². The molecule has 3 aromatic carbocycles. The van der Waals surface area contributed by atoms with Gasteiger partial charge in [0.25, 0.3) is 5.91 Å². The van der Waals surface area contributed by atoms with Crippen LogP contribution >= 0.6 is 0 Å². The highest BCUT2D eigenvalue weighted by molar-refractivity contribution is 6.04. The van der Waals surface area contributed by atoms with Crippen molar-refractivity contribution in [3.8, 4) is 17.2 Å². The Morgan fingerprint density at radius 2 is 1.71 bits per heavy atom. The lowest BCUT2D eigenvalue weighted by atomic mass is 10.1. The van der Waals surface area contributed by atoms with Crippen LogP contribution in [0.3, 0.4) is 0 Å². The molecule has 1 aromatic heterocycles. The number of hydrogen-bond donors (Lipinski definition) is 2. The van der Waals surface area contributed by atoms with Crippen LogP contribution < -0.4 is 5.32 Å². The molecule has 1 heterocycles. The molecule has 0 bridgehead atoms. The minimum atomic E-state index is -0.236. The van der Waals surface area contributed by atoms with E-state index in [1.54, 1.807) is 24.3 Å². The molecule has 5 nitrogen and oxygen atoms in total. The predicted molar refractivity (Wildman–Crippen MR) is 110 cm³/mol. The number of amides is 1. The highest BCUT2D eigenvalue weighted by Gasteiger charge is 2.15. The van der Waals surface area contributed by atoms with Crippen molar-refractivity contribution < 1.29 is 14.3 Å². The van der Waals surface area contributed by atoms with Gasteiger partial charge in [-0.2, -0.15) is 0 Å². The normalized spacial score (nSPS) is 11.0. The molecule has 0 fully saturated rings. The summed E-state index contributed by atoms with van der Waals surface area (Å²) in [5.41, 5.74) is 6.16. The maximum Gasteiger partial charge on any atom is 0.255 e. The van der Waals surface area contributed by atoms with E-state index in [1.807, 2.05) is 45.0 Å². The topological polar surface area (TPSA) is 75.4 Å². The molecule has 0 saturated heterocycles. The molecule has 0 atom stereocenters. The van der Waals surface area contributed by atoms with Crippen LogP contribution in [0.15, 0.2) is 59.0 Å². The number of nitrogens with one attached hydrogen (secondary N) is 1. The fourth-order valence-corrected chi connectivity index (χ4v) is 3.19. The number of rotatable bonds is 3. The SMILES string of the molecule is Cc1ccc(C(=O)Nc2ccc(-c3nc4cc(C)cc(C)c4o3)c(O)c2)cc1. The zero-order valence-electron chi connectivity index (χ0n) is 15.9. The van der Waals surface area contributed by atoms with Gasteiger partial charge in [-0.1, -0.05) is 23.8 Å². The predicted octanol–water partition coefficient (Wildman–Crippen LogP) is 5.38. The number of carbonyl (C=O) groups is 1. The van der Waals surface area contributed by atoms with Crippen molar-refractivity contribution >= 4 is 22.7 Å². The van der Waals surface area contributed by atoms with Gasteiger partial charge >= 0.3 is 0 Å². The first kappa shape index (κ1) is 17.8. The summed E-state index contributed by atoms with van der Waals surface area (Å²) in [7, 11) is 0. The van der Waals surface area contributed by atoms with Crippen LogP contribution in [-0.4, -0.2) is 16.0 Å². The maximum atomic E-state index is 12.4.